The Balaban J connectivity index is 2.11. The Labute approximate surface area is 143 Å². The quantitative estimate of drug-likeness (QED) is 0.738. The predicted molar refractivity (Wildman–Crippen MR) is 95.5 cm³/mol. The van der Waals surface area contributed by atoms with E-state index in [1.165, 1.54) is 5.56 Å². The molecule has 23 heavy (non-hydrogen) atoms. The van der Waals surface area contributed by atoms with Gasteiger partial charge in [0.15, 0.2) is 11.5 Å². The van der Waals surface area contributed by atoms with Crippen LogP contribution in [0.1, 0.15) is 37.9 Å². The first-order chi connectivity index (χ1) is 11.2. The molecular weight excluding hydrogens is 310 g/mol. The lowest BCUT2D eigenvalue weighted by Crippen LogP contribution is -2.18. The average Bonchev–Trinajstić information content (AvgIpc) is 2.57. The van der Waals surface area contributed by atoms with Crippen LogP contribution in [0, 0.1) is 0 Å². The van der Waals surface area contributed by atoms with Gasteiger partial charge in [-0.1, -0.05) is 41.9 Å². The van der Waals surface area contributed by atoms with Crippen LogP contribution in [0.2, 0.25) is 5.02 Å². The van der Waals surface area contributed by atoms with Gasteiger partial charge in [-0.25, -0.2) is 0 Å². The molecule has 1 N–H and O–H groups in total. The molecule has 0 fully saturated rings. The van der Waals surface area contributed by atoms with Crippen LogP contribution in [-0.2, 0) is 6.54 Å². The normalized spacial score (nSPS) is 12.0. The Morgan fingerprint density at radius 2 is 1.61 bits per heavy atom. The van der Waals surface area contributed by atoms with E-state index < -0.39 is 0 Å². The summed E-state index contributed by atoms with van der Waals surface area (Å²) in [5.74, 6) is 1.43. The third-order valence-electron chi connectivity index (χ3n) is 3.61. The zero-order valence-corrected chi connectivity index (χ0v) is 14.7. The van der Waals surface area contributed by atoms with Gasteiger partial charge in [0.25, 0.3) is 0 Å². The third kappa shape index (κ3) is 4.88. The maximum atomic E-state index is 6.39. The number of hydrogen-bond acceptors (Lipinski definition) is 3. The van der Waals surface area contributed by atoms with Crippen LogP contribution in [0.15, 0.2) is 42.5 Å². The van der Waals surface area contributed by atoms with E-state index in [0.717, 1.165) is 11.3 Å². The Bertz CT molecular complexity index is 616. The molecule has 3 nitrogen and oxygen atoms in total. The Hall–Kier alpha value is -1.71. The highest BCUT2D eigenvalue weighted by molar-refractivity contribution is 6.31. The van der Waals surface area contributed by atoms with Crippen molar-refractivity contribution in [3.8, 4) is 11.5 Å². The fourth-order valence-corrected chi connectivity index (χ4v) is 2.59. The SMILES string of the molecule is CCOc1cc(Cl)c(CNC(C)c2ccccc2)cc1OCC. The number of ether oxygens (including phenoxy) is 2. The second kappa shape index (κ2) is 8.80. The topological polar surface area (TPSA) is 30.5 Å². The first kappa shape index (κ1) is 17.6. The molecule has 0 aliphatic heterocycles. The number of rotatable bonds is 8. The second-order valence-corrected chi connectivity index (χ2v) is 5.68. The van der Waals surface area contributed by atoms with E-state index in [9.17, 15) is 0 Å². The fraction of sp³-hybridized carbons (Fsp3) is 0.368. The lowest BCUT2D eigenvalue weighted by Gasteiger charge is -2.17. The van der Waals surface area contributed by atoms with Crippen molar-refractivity contribution in [2.75, 3.05) is 13.2 Å². The van der Waals surface area contributed by atoms with Gasteiger partial charge in [0, 0.05) is 23.7 Å². The smallest absolute Gasteiger partial charge is 0.162 e. The van der Waals surface area contributed by atoms with E-state index in [1.54, 1.807) is 0 Å². The summed E-state index contributed by atoms with van der Waals surface area (Å²) in [5.41, 5.74) is 2.25. The van der Waals surface area contributed by atoms with E-state index >= 15 is 0 Å². The van der Waals surface area contributed by atoms with Gasteiger partial charge in [-0.15, -0.1) is 0 Å². The summed E-state index contributed by atoms with van der Waals surface area (Å²) in [4.78, 5) is 0. The average molecular weight is 334 g/mol. The third-order valence-corrected chi connectivity index (χ3v) is 3.96. The summed E-state index contributed by atoms with van der Waals surface area (Å²) < 4.78 is 11.3. The fourth-order valence-electron chi connectivity index (χ4n) is 2.37. The monoisotopic (exact) mass is 333 g/mol. The van der Waals surface area contributed by atoms with E-state index in [-0.39, 0.29) is 6.04 Å². The van der Waals surface area contributed by atoms with Crippen molar-refractivity contribution < 1.29 is 9.47 Å². The highest BCUT2D eigenvalue weighted by Crippen LogP contribution is 2.34. The van der Waals surface area contributed by atoms with Crippen molar-refractivity contribution >= 4 is 11.6 Å². The minimum Gasteiger partial charge on any atom is -0.490 e. The summed E-state index contributed by atoms with van der Waals surface area (Å²) in [6.07, 6.45) is 0. The van der Waals surface area contributed by atoms with E-state index in [2.05, 4.69) is 24.4 Å². The molecule has 0 bridgehead atoms. The Kier molecular flexibility index (Phi) is 6.75. The Morgan fingerprint density at radius 1 is 1.00 bits per heavy atom. The zero-order chi connectivity index (χ0) is 16.7. The summed E-state index contributed by atoms with van der Waals surface area (Å²) in [6, 6.07) is 14.4. The standard InChI is InChI=1S/C19H24ClNO2/c1-4-22-18-11-16(17(20)12-19(18)23-5-2)13-21-14(3)15-9-7-6-8-10-15/h6-12,14,21H,4-5,13H2,1-3H3. The summed E-state index contributed by atoms with van der Waals surface area (Å²) in [6.45, 7) is 7.89. The second-order valence-electron chi connectivity index (χ2n) is 5.27. The van der Waals surface area contributed by atoms with Gasteiger partial charge < -0.3 is 14.8 Å². The van der Waals surface area contributed by atoms with Gasteiger partial charge in [0.1, 0.15) is 0 Å². The Morgan fingerprint density at radius 3 is 2.22 bits per heavy atom. The van der Waals surface area contributed by atoms with E-state index in [0.29, 0.717) is 30.5 Å². The molecule has 0 radical (unpaired) electrons. The molecule has 1 unspecified atom stereocenters. The van der Waals surface area contributed by atoms with Crippen molar-refractivity contribution in [3.63, 3.8) is 0 Å². The number of benzene rings is 2. The van der Waals surface area contributed by atoms with Crippen LogP contribution in [-0.4, -0.2) is 13.2 Å². The van der Waals surface area contributed by atoms with Crippen molar-refractivity contribution in [3.05, 3.63) is 58.6 Å². The highest BCUT2D eigenvalue weighted by atomic mass is 35.5. The molecule has 2 aromatic carbocycles. The summed E-state index contributed by atoms with van der Waals surface area (Å²) in [5, 5.41) is 4.18. The highest BCUT2D eigenvalue weighted by Gasteiger charge is 2.12. The first-order valence-electron chi connectivity index (χ1n) is 8.02. The van der Waals surface area contributed by atoms with Crippen LogP contribution in [0.4, 0.5) is 0 Å². The molecule has 0 aromatic heterocycles. The molecule has 0 amide bonds. The van der Waals surface area contributed by atoms with Crippen molar-refractivity contribution in [1.82, 2.24) is 5.32 Å². The van der Waals surface area contributed by atoms with Crippen molar-refractivity contribution in [1.29, 1.82) is 0 Å². The van der Waals surface area contributed by atoms with Gasteiger partial charge in [0.2, 0.25) is 0 Å². The van der Waals surface area contributed by atoms with Gasteiger partial charge in [0.05, 0.1) is 13.2 Å². The molecule has 0 heterocycles. The van der Waals surface area contributed by atoms with Gasteiger partial charge in [-0.05, 0) is 38.0 Å². The molecule has 124 valence electrons. The molecule has 0 aliphatic rings. The van der Waals surface area contributed by atoms with Crippen LogP contribution >= 0.6 is 11.6 Å². The molecule has 0 saturated heterocycles. The predicted octanol–water partition coefficient (Wildman–Crippen LogP) is 4.99. The lowest BCUT2D eigenvalue weighted by atomic mass is 10.1. The summed E-state index contributed by atoms with van der Waals surface area (Å²) >= 11 is 6.39. The zero-order valence-electron chi connectivity index (χ0n) is 13.9. The van der Waals surface area contributed by atoms with E-state index in [1.807, 2.05) is 44.2 Å². The molecule has 0 spiro atoms. The van der Waals surface area contributed by atoms with Crippen molar-refractivity contribution in [2.45, 2.75) is 33.4 Å². The molecule has 2 rings (SSSR count). The maximum absolute atomic E-state index is 6.39. The minimum absolute atomic E-state index is 0.245. The lowest BCUT2D eigenvalue weighted by molar-refractivity contribution is 0.287. The van der Waals surface area contributed by atoms with Gasteiger partial charge in [-0.3, -0.25) is 0 Å². The molecule has 4 heteroatoms. The minimum atomic E-state index is 0.245. The number of nitrogens with one attached hydrogen (secondary N) is 1. The molecule has 0 aliphatic carbocycles. The van der Waals surface area contributed by atoms with Crippen LogP contribution in [0.5, 0.6) is 11.5 Å². The van der Waals surface area contributed by atoms with Crippen LogP contribution < -0.4 is 14.8 Å². The molecule has 1 atom stereocenters. The summed E-state index contributed by atoms with van der Waals surface area (Å²) in [7, 11) is 0. The van der Waals surface area contributed by atoms with Crippen LogP contribution in [0.25, 0.3) is 0 Å². The van der Waals surface area contributed by atoms with Gasteiger partial charge in [-0.2, -0.15) is 0 Å². The van der Waals surface area contributed by atoms with Gasteiger partial charge >= 0.3 is 0 Å². The molecule has 2 aromatic rings. The van der Waals surface area contributed by atoms with E-state index in [4.69, 9.17) is 21.1 Å². The van der Waals surface area contributed by atoms with Crippen molar-refractivity contribution in [2.24, 2.45) is 0 Å². The van der Waals surface area contributed by atoms with Crippen LogP contribution in [0.3, 0.4) is 0 Å². The molecular formula is C19H24ClNO2. The number of hydrogen-bond donors (Lipinski definition) is 1. The largest absolute Gasteiger partial charge is 0.490 e. The molecule has 0 saturated carbocycles. The maximum Gasteiger partial charge on any atom is 0.162 e. The first-order valence-corrected chi connectivity index (χ1v) is 8.39. The number of halogens is 1.